The molecule has 0 unspecified atom stereocenters. The van der Waals surface area contributed by atoms with Crippen molar-refractivity contribution in [3.63, 3.8) is 0 Å². The minimum absolute atomic E-state index is 0.217. The molecule has 100 valence electrons. The third-order valence-corrected chi connectivity index (χ3v) is 2.20. The molecular formula is C13H18ClNO3. The molecule has 0 spiro atoms. The third-order valence-electron chi connectivity index (χ3n) is 2.01. The van der Waals surface area contributed by atoms with Crippen LogP contribution in [0.5, 0.6) is 0 Å². The van der Waals surface area contributed by atoms with Gasteiger partial charge in [0.15, 0.2) is 0 Å². The summed E-state index contributed by atoms with van der Waals surface area (Å²) in [5.74, 6) is -0.417. The summed E-state index contributed by atoms with van der Waals surface area (Å²) in [4.78, 5) is 15.7. The Morgan fingerprint density at radius 1 is 1.33 bits per heavy atom. The molecule has 0 saturated carbocycles. The zero-order valence-corrected chi connectivity index (χ0v) is 11.9. The Hall–Kier alpha value is -1.13. The lowest BCUT2D eigenvalue weighted by Crippen LogP contribution is -2.22. The quantitative estimate of drug-likeness (QED) is 0.480. The van der Waals surface area contributed by atoms with Gasteiger partial charge in [0.1, 0.15) is 11.8 Å². The Morgan fingerprint density at radius 3 is 2.56 bits per heavy atom. The highest BCUT2D eigenvalue weighted by molar-refractivity contribution is 6.29. The van der Waals surface area contributed by atoms with Gasteiger partial charge in [-0.25, -0.2) is 9.78 Å². The number of rotatable bonds is 4. The van der Waals surface area contributed by atoms with Gasteiger partial charge in [0.05, 0.1) is 17.8 Å². The zero-order chi connectivity index (χ0) is 13.8. The van der Waals surface area contributed by atoms with Crippen molar-refractivity contribution in [2.75, 3.05) is 13.2 Å². The molecule has 4 nitrogen and oxygen atoms in total. The van der Waals surface area contributed by atoms with Gasteiger partial charge in [-0.2, -0.15) is 0 Å². The van der Waals surface area contributed by atoms with E-state index in [0.717, 1.165) is 0 Å². The van der Waals surface area contributed by atoms with E-state index in [-0.39, 0.29) is 17.4 Å². The second-order valence-electron chi connectivity index (χ2n) is 4.92. The van der Waals surface area contributed by atoms with Gasteiger partial charge < -0.3 is 9.47 Å². The van der Waals surface area contributed by atoms with Crippen LogP contribution < -0.4 is 0 Å². The predicted molar refractivity (Wildman–Crippen MR) is 70.0 cm³/mol. The number of carbonyl (C=O) groups excluding carboxylic acids is 1. The topological polar surface area (TPSA) is 48.4 Å². The van der Waals surface area contributed by atoms with Crippen LogP contribution in [0.15, 0.2) is 12.1 Å². The van der Waals surface area contributed by atoms with E-state index in [4.69, 9.17) is 21.1 Å². The standard InChI is InChI=1S/C13H18ClNO3/c1-9-7-10(8-11(14)15-9)12(16)17-5-6-18-13(2,3)4/h7-8H,5-6H2,1-4H3. The van der Waals surface area contributed by atoms with E-state index in [2.05, 4.69) is 4.98 Å². The van der Waals surface area contributed by atoms with Gasteiger partial charge >= 0.3 is 5.97 Å². The summed E-state index contributed by atoms with van der Waals surface area (Å²) >= 11 is 5.77. The highest BCUT2D eigenvalue weighted by Crippen LogP contribution is 2.11. The van der Waals surface area contributed by atoms with E-state index >= 15 is 0 Å². The maximum atomic E-state index is 11.7. The van der Waals surface area contributed by atoms with Crippen LogP contribution in [0.4, 0.5) is 0 Å². The molecule has 0 saturated heterocycles. The lowest BCUT2D eigenvalue weighted by Gasteiger charge is -2.19. The van der Waals surface area contributed by atoms with Crippen molar-refractivity contribution in [1.29, 1.82) is 0 Å². The molecular weight excluding hydrogens is 254 g/mol. The zero-order valence-electron chi connectivity index (χ0n) is 11.1. The van der Waals surface area contributed by atoms with E-state index in [9.17, 15) is 4.79 Å². The molecule has 1 rings (SSSR count). The van der Waals surface area contributed by atoms with E-state index in [1.165, 1.54) is 6.07 Å². The van der Waals surface area contributed by atoms with Crippen molar-refractivity contribution in [2.24, 2.45) is 0 Å². The predicted octanol–water partition coefficient (Wildman–Crippen LogP) is 3.02. The molecule has 5 heteroatoms. The van der Waals surface area contributed by atoms with Gasteiger partial charge in [-0.05, 0) is 39.8 Å². The second kappa shape index (κ2) is 6.16. The Morgan fingerprint density at radius 2 is 2.00 bits per heavy atom. The Labute approximate surface area is 112 Å². The lowest BCUT2D eigenvalue weighted by molar-refractivity contribution is -0.0281. The fourth-order valence-electron chi connectivity index (χ4n) is 1.31. The number of pyridine rings is 1. The Balaban J connectivity index is 2.46. The molecule has 0 aliphatic heterocycles. The first-order chi connectivity index (χ1) is 8.28. The van der Waals surface area contributed by atoms with Crippen LogP contribution in [0.3, 0.4) is 0 Å². The molecule has 0 amide bonds. The highest BCUT2D eigenvalue weighted by atomic mass is 35.5. The first kappa shape index (κ1) is 14.9. The van der Waals surface area contributed by atoms with Gasteiger partial charge in [0, 0.05) is 5.69 Å². The molecule has 0 fully saturated rings. The normalized spacial score (nSPS) is 11.4. The SMILES string of the molecule is Cc1cc(C(=O)OCCOC(C)(C)C)cc(Cl)n1. The lowest BCUT2D eigenvalue weighted by atomic mass is 10.2. The smallest absolute Gasteiger partial charge is 0.338 e. The summed E-state index contributed by atoms with van der Waals surface area (Å²) in [5, 5.41) is 0.285. The molecule has 1 aromatic heterocycles. The summed E-state index contributed by atoms with van der Waals surface area (Å²) in [7, 11) is 0. The fraction of sp³-hybridized carbons (Fsp3) is 0.538. The number of carbonyl (C=O) groups is 1. The number of ether oxygens (including phenoxy) is 2. The minimum atomic E-state index is -0.417. The molecule has 0 atom stereocenters. The average molecular weight is 272 g/mol. The average Bonchev–Trinajstić information content (AvgIpc) is 2.21. The van der Waals surface area contributed by atoms with Crippen LogP contribution >= 0.6 is 11.6 Å². The molecule has 0 radical (unpaired) electrons. The Bertz CT molecular complexity index is 406. The first-order valence-corrected chi connectivity index (χ1v) is 6.11. The van der Waals surface area contributed by atoms with E-state index in [1.54, 1.807) is 13.0 Å². The van der Waals surface area contributed by atoms with Crippen molar-refractivity contribution in [3.8, 4) is 0 Å². The summed E-state index contributed by atoms with van der Waals surface area (Å²) in [6.45, 7) is 8.19. The second-order valence-corrected chi connectivity index (χ2v) is 5.30. The van der Waals surface area contributed by atoms with Crippen molar-refractivity contribution in [2.45, 2.75) is 33.3 Å². The van der Waals surface area contributed by atoms with Crippen LogP contribution in [-0.2, 0) is 9.47 Å². The summed E-state index contributed by atoms with van der Waals surface area (Å²) < 4.78 is 10.5. The molecule has 0 N–H and O–H groups in total. The van der Waals surface area contributed by atoms with E-state index < -0.39 is 5.97 Å². The van der Waals surface area contributed by atoms with Crippen molar-refractivity contribution in [1.82, 2.24) is 4.98 Å². The largest absolute Gasteiger partial charge is 0.460 e. The number of hydrogen-bond acceptors (Lipinski definition) is 4. The number of esters is 1. The number of hydrogen-bond donors (Lipinski definition) is 0. The number of halogens is 1. The molecule has 1 heterocycles. The molecule has 0 bridgehead atoms. The van der Waals surface area contributed by atoms with Crippen LogP contribution in [0.25, 0.3) is 0 Å². The number of aryl methyl sites for hydroxylation is 1. The maximum Gasteiger partial charge on any atom is 0.338 e. The maximum absolute atomic E-state index is 11.7. The van der Waals surface area contributed by atoms with Gasteiger partial charge in [0.2, 0.25) is 0 Å². The van der Waals surface area contributed by atoms with Crippen molar-refractivity contribution in [3.05, 3.63) is 28.5 Å². The van der Waals surface area contributed by atoms with Gasteiger partial charge in [0.25, 0.3) is 0 Å². The molecule has 1 aromatic rings. The molecule has 0 aliphatic carbocycles. The highest BCUT2D eigenvalue weighted by Gasteiger charge is 2.12. The van der Waals surface area contributed by atoms with Crippen LogP contribution in [0.1, 0.15) is 36.8 Å². The van der Waals surface area contributed by atoms with Crippen molar-refractivity contribution < 1.29 is 14.3 Å². The summed E-state index contributed by atoms with van der Waals surface area (Å²) in [6, 6.07) is 3.13. The number of nitrogens with zero attached hydrogens (tertiary/aromatic N) is 1. The van der Waals surface area contributed by atoms with Gasteiger partial charge in [-0.1, -0.05) is 11.6 Å². The van der Waals surface area contributed by atoms with Crippen LogP contribution in [-0.4, -0.2) is 29.8 Å². The monoisotopic (exact) mass is 271 g/mol. The van der Waals surface area contributed by atoms with E-state index in [0.29, 0.717) is 17.9 Å². The Kier molecular flexibility index (Phi) is 5.11. The summed E-state index contributed by atoms with van der Waals surface area (Å²) in [5.41, 5.74) is 0.854. The van der Waals surface area contributed by atoms with Crippen LogP contribution in [0, 0.1) is 6.92 Å². The first-order valence-electron chi connectivity index (χ1n) is 5.73. The number of aromatic nitrogens is 1. The minimum Gasteiger partial charge on any atom is -0.460 e. The molecule has 0 aliphatic rings. The van der Waals surface area contributed by atoms with Gasteiger partial charge in [-0.3, -0.25) is 0 Å². The third kappa shape index (κ3) is 5.47. The van der Waals surface area contributed by atoms with Gasteiger partial charge in [-0.15, -0.1) is 0 Å². The molecule has 0 aromatic carbocycles. The summed E-state index contributed by atoms with van der Waals surface area (Å²) in [6.07, 6.45) is 0. The van der Waals surface area contributed by atoms with Crippen LogP contribution in [0.2, 0.25) is 5.15 Å². The van der Waals surface area contributed by atoms with Crippen molar-refractivity contribution >= 4 is 17.6 Å². The van der Waals surface area contributed by atoms with E-state index in [1.807, 2.05) is 20.8 Å². The fourth-order valence-corrected chi connectivity index (χ4v) is 1.56. The molecule has 18 heavy (non-hydrogen) atoms.